The molecule has 0 saturated carbocycles. The maximum Gasteiger partial charge on any atom is 0.221 e. The summed E-state index contributed by atoms with van der Waals surface area (Å²) in [4.78, 5) is 11.0. The van der Waals surface area contributed by atoms with Gasteiger partial charge in [0.1, 0.15) is 0 Å². The van der Waals surface area contributed by atoms with E-state index >= 15 is 0 Å². The number of benzene rings is 1. The number of nitrogens with zero attached hydrogens (tertiary/aromatic N) is 4. The van der Waals surface area contributed by atoms with Gasteiger partial charge in [-0.3, -0.25) is 4.79 Å². The van der Waals surface area contributed by atoms with Crippen molar-refractivity contribution in [2.45, 2.75) is 13.8 Å². The Balaban J connectivity index is 1.69. The zero-order valence-corrected chi connectivity index (χ0v) is 12.8. The Hall–Kier alpha value is -3.22. The predicted octanol–water partition coefficient (Wildman–Crippen LogP) is 2.67. The molecule has 23 heavy (non-hydrogen) atoms. The summed E-state index contributed by atoms with van der Waals surface area (Å²) in [6.45, 7) is 3.40. The second-order valence-corrected chi connectivity index (χ2v) is 5.06. The zero-order valence-electron chi connectivity index (χ0n) is 12.8. The smallest absolute Gasteiger partial charge is 0.221 e. The third-order valence-corrected chi connectivity index (χ3v) is 3.09. The maximum atomic E-state index is 11.0. The van der Waals surface area contributed by atoms with E-state index in [-0.39, 0.29) is 5.91 Å². The molecule has 0 unspecified atom stereocenters. The van der Waals surface area contributed by atoms with Crippen molar-refractivity contribution in [3.8, 4) is 5.82 Å². The summed E-state index contributed by atoms with van der Waals surface area (Å²) in [5.74, 6) is 1.19. The Labute approximate surface area is 133 Å². The van der Waals surface area contributed by atoms with E-state index in [2.05, 4.69) is 25.9 Å². The second-order valence-electron chi connectivity index (χ2n) is 5.06. The second kappa shape index (κ2) is 6.27. The summed E-state index contributed by atoms with van der Waals surface area (Å²) in [6.07, 6.45) is 1.84. The van der Waals surface area contributed by atoms with Gasteiger partial charge in [0.15, 0.2) is 11.6 Å². The van der Waals surface area contributed by atoms with Crippen molar-refractivity contribution >= 4 is 23.1 Å². The minimum Gasteiger partial charge on any atom is -0.339 e. The topological polar surface area (TPSA) is 84.7 Å². The van der Waals surface area contributed by atoms with Crippen molar-refractivity contribution in [3.63, 3.8) is 0 Å². The standard InChI is InChI=1S/C16H16N6O/c1-11-9-10-22(21-11)16-8-7-15(19-20-16)18-14-5-3-13(4-6-14)17-12(2)23/h3-10H,1-2H3,(H,17,23)(H,18,19). The van der Waals surface area contributed by atoms with Crippen LogP contribution in [0.1, 0.15) is 12.6 Å². The van der Waals surface area contributed by atoms with Gasteiger partial charge in [0.2, 0.25) is 5.91 Å². The van der Waals surface area contributed by atoms with Gasteiger partial charge in [-0.05, 0) is 49.4 Å². The molecule has 0 atom stereocenters. The van der Waals surface area contributed by atoms with Gasteiger partial charge in [0, 0.05) is 24.5 Å². The predicted molar refractivity (Wildman–Crippen MR) is 87.9 cm³/mol. The molecule has 2 N–H and O–H groups in total. The van der Waals surface area contributed by atoms with Crippen LogP contribution in [-0.4, -0.2) is 25.9 Å². The van der Waals surface area contributed by atoms with Crippen molar-refractivity contribution in [3.05, 3.63) is 54.4 Å². The van der Waals surface area contributed by atoms with Crippen LogP contribution in [0.25, 0.3) is 5.82 Å². The summed E-state index contributed by atoms with van der Waals surface area (Å²) in [6, 6.07) is 12.9. The first-order valence-electron chi connectivity index (χ1n) is 7.11. The van der Waals surface area contributed by atoms with Crippen molar-refractivity contribution in [1.29, 1.82) is 0 Å². The lowest BCUT2D eigenvalue weighted by molar-refractivity contribution is -0.114. The zero-order chi connectivity index (χ0) is 16.2. The molecular weight excluding hydrogens is 292 g/mol. The van der Waals surface area contributed by atoms with E-state index in [1.165, 1.54) is 6.92 Å². The molecule has 1 amide bonds. The molecule has 2 aromatic heterocycles. The number of aryl methyl sites for hydroxylation is 1. The number of aromatic nitrogens is 4. The molecule has 116 valence electrons. The molecule has 7 heteroatoms. The highest BCUT2D eigenvalue weighted by atomic mass is 16.1. The van der Waals surface area contributed by atoms with Crippen LogP contribution in [0.2, 0.25) is 0 Å². The van der Waals surface area contributed by atoms with Gasteiger partial charge < -0.3 is 10.6 Å². The highest BCUT2D eigenvalue weighted by Gasteiger charge is 2.02. The molecule has 0 radical (unpaired) electrons. The number of rotatable bonds is 4. The quantitative estimate of drug-likeness (QED) is 0.774. The average Bonchev–Trinajstić information content (AvgIpc) is 2.96. The summed E-state index contributed by atoms with van der Waals surface area (Å²) in [5.41, 5.74) is 2.53. The molecule has 2 heterocycles. The highest BCUT2D eigenvalue weighted by Crippen LogP contribution is 2.17. The van der Waals surface area contributed by atoms with Crippen LogP contribution < -0.4 is 10.6 Å². The van der Waals surface area contributed by atoms with E-state index in [1.807, 2.05) is 55.6 Å². The first-order chi connectivity index (χ1) is 11.1. The van der Waals surface area contributed by atoms with Crippen LogP contribution in [-0.2, 0) is 4.79 Å². The molecular formula is C16H16N6O. The van der Waals surface area contributed by atoms with E-state index in [4.69, 9.17) is 0 Å². The lowest BCUT2D eigenvalue weighted by Crippen LogP contribution is -2.05. The van der Waals surface area contributed by atoms with E-state index in [0.29, 0.717) is 11.6 Å². The number of anilines is 3. The molecule has 0 saturated heterocycles. The Kier molecular flexibility index (Phi) is 4.01. The molecule has 0 fully saturated rings. The van der Waals surface area contributed by atoms with Gasteiger partial charge in [0.25, 0.3) is 0 Å². The molecule has 0 bridgehead atoms. The number of amides is 1. The maximum absolute atomic E-state index is 11.0. The third-order valence-electron chi connectivity index (χ3n) is 3.09. The van der Waals surface area contributed by atoms with Crippen molar-refractivity contribution in [2.24, 2.45) is 0 Å². The first-order valence-corrected chi connectivity index (χ1v) is 7.11. The van der Waals surface area contributed by atoms with Gasteiger partial charge in [-0.2, -0.15) is 5.10 Å². The van der Waals surface area contributed by atoms with Crippen LogP contribution in [0.15, 0.2) is 48.7 Å². The fourth-order valence-corrected chi connectivity index (χ4v) is 2.04. The number of nitrogens with one attached hydrogen (secondary N) is 2. The fraction of sp³-hybridized carbons (Fsp3) is 0.125. The van der Waals surface area contributed by atoms with Crippen molar-refractivity contribution < 1.29 is 4.79 Å². The molecule has 1 aromatic carbocycles. The van der Waals surface area contributed by atoms with E-state index in [1.54, 1.807) is 4.68 Å². The van der Waals surface area contributed by atoms with Crippen molar-refractivity contribution in [2.75, 3.05) is 10.6 Å². The summed E-state index contributed by atoms with van der Waals surface area (Å²) in [5, 5.41) is 18.4. The fourth-order valence-electron chi connectivity index (χ4n) is 2.04. The van der Waals surface area contributed by atoms with Gasteiger partial charge in [-0.25, -0.2) is 4.68 Å². The van der Waals surface area contributed by atoms with Crippen molar-refractivity contribution in [1.82, 2.24) is 20.0 Å². The van der Waals surface area contributed by atoms with E-state index < -0.39 is 0 Å². The van der Waals surface area contributed by atoms with E-state index in [0.717, 1.165) is 17.1 Å². The van der Waals surface area contributed by atoms with Gasteiger partial charge in [-0.15, -0.1) is 10.2 Å². The van der Waals surface area contributed by atoms with Crippen LogP contribution in [0.5, 0.6) is 0 Å². The molecule has 0 aliphatic heterocycles. The van der Waals surface area contributed by atoms with E-state index in [9.17, 15) is 4.79 Å². The van der Waals surface area contributed by atoms with Gasteiger partial charge in [0.05, 0.1) is 5.69 Å². The highest BCUT2D eigenvalue weighted by molar-refractivity contribution is 5.88. The summed E-state index contributed by atoms with van der Waals surface area (Å²) < 4.78 is 1.67. The summed E-state index contributed by atoms with van der Waals surface area (Å²) >= 11 is 0. The summed E-state index contributed by atoms with van der Waals surface area (Å²) in [7, 11) is 0. The monoisotopic (exact) mass is 308 g/mol. The normalized spacial score (nSPS) is 10.3. The van der Waals surface area contributed by atoms with Gasteiger partial charge in [-0.1, -0.05) is 0 Å². The largest absolute Gasteiger partial charge is 0.339 e. The number of hydrogen-bond donors (Lipinski definition) is 2. The molecule has 7 nitrogen and oxygen atoms in total. The first kappa shape index (κ1) is 14.7. The third kappa shape index (κ3) is 3.70. The molecule has 3 rings (SSSR count). The molecule has 0 spiro atoms. The SMILES string of the molecule is CC(=O)Nc1ccc(Nc2ccc(-n3ccc(C)n3)nn2)cc1. The molecule has 0 aliphatic carbocycles. The minimum atomic E-state index is -0.0963. The Morgan fingerprint density at radius 1 is 1.00 bits per heavy atom. The van der Waals surface area contributed by atoms with Crippen LogP contribution in [0.4, 0.5) is 17.2 Å². The number of hydrogen-bond acceptors (Lipinski definition) is 5. The minimum absolute atomic E-state index is 0.0963. The Morgan fingerprint density at radius 2 is 1.74 bits per heavy atom. The Bertz CT molecular complexity index is 807. The number of carbonyl (C=O) groups excluding carboxylic acids is 1. The van der Waals surface area contributed by atoms with Crippen LogP contribution >= 0.6 is 0 Å². The Morgan fingerprint density at radius 3 is 2.30 bits per heavy atom. The molecule has 3 aromatic rings. The lowest BCUT2D eigenvalue weighted by atomic mass is 10.2. The van der Waals surface area contributed by atoms with Crippen LogP contribution in [0, 0.1) is 6.92 Å². The number of carbonyl (C=O) groups is 1. The van der Waals surface area contributed by atoms with Crippen LogP contribution in [0.3, 0.4) is 0 Å². The molecule has 0 aliphatic rings. The lowest BCUT2D eigenvalue weighted by Gasteiger charge is -2.07. The average molecular weight is 308 g/mol. The van der Waals surface area contributed by atoms with Gasteiger partial charge >= 0.3 is 0 Å².